The number of nitrogens with one attached hydrogen (secondary N) is 2. The lowest BCUT2D eigenvalue weighted by Gasteiger charge is -2.20. The molecule has 0 spiro atoms. The molecule has 0 saturated heterocycles. The standard InChI is InChI=1S/C16H17N3O3/c1-3-22-16(21)12(9-17)14(11-7-5-4-6-8-11)13-10(2)18-19-15(13)20/h4-8,12,14H,3H2,1-2H3,(H2,18,19,20). The average molecular weight is 299 g/mol. The van der Waals surface area contributed by atoms with Gasteiger partial charge in [0.05, 0.1) is 12.7 Å². The van der Waals surface area contributed by atoms with Crippen molar-refractivity contribution in [3.8, 4) is 6.07 Å². The summed E-state index contributed by atoms with van der Waals surface area (Å²) >= 11 is 0. The highest BCUT2D eigenvalue weighted by molar-refractivity contribution is 5.77. The Morgan fingerprint density at radius 1 is 1.32 bits per heavy atom. The first-order valence-corrected chi connectivity index (χ1v) is 6.98. The number of hydrogen-bond donors (Lipinski definition) is 2. The molecule has 0 aliphatic carbocycles. The third-order valence-electron chi connectivity index (χ3n) is 3.49. The maximum absolute atomic E-state index is 12.1. The molecular formula is C16H17N3O3. The van der Waals surface area contributed by atoms with Gasteiger partial charge in [-0.2, -0.15) is 5.26 Å². The van der Waals surface area contributed by atoms with Crippen LogP contribution in [-0.2, 0) is 9.53 Å². The highest BCUT2D eigenvalue weighted by Crippen LogP contribution is 2.32. The van der Waals surface area contributed by atoms with Crippen LogP contribution in [-0.4, -0.2) is 22.8 Å². The minimum absolute atomic E-state index is 0.182. The SMILES string of the molecule is CCOC(=O)C(C#N)C(c1ccccc1)c1c(C)[nH][nH]c1=O. The van der Waals surface area contributed by atoms with Crippen molar-refractivity contribution in [3.63, 3.8) is 0 Å². The molecule has 1 aromatic carbocycles. The normalized spacial score (nSPS) is 13.1. The zero-order chi connectivity index (χ0) is 16.1. The number of carbonyl (C=O) groups is 1. The van der Waals surface area contributed by atoms with Gasteiger partial charge < -0.3 is 9.84 Å². The van der Waals surface area contributed by atoms with E-state index in [-0.39, 0.29) is 12.2 Å². The van der Waals surface area contributed by atoms with E-state index in [1.165, 1.54) is 0 Å². The van der Waals surface area contributed by atoms with Crippen LogP contribution < -0.4 is 5.56 Å². The van der Waals surface area contributed by atoms with Crippen molar-refractivity contribution in [2.24, 2.45) is 5.92 Å². The molecule has 0 aliphatic heterocycles. The van der Waals surface area contributed by atoms with Gasteiger partial charge in [0.25, 0.3) is 5.56 Å². The maximum atomic E-state index is 12.1. The summed E-state index contributed by atoms with van der Waals surface area (Å²) in [6.45, 7) is 3.59. The van der Waals surface area contributed by atoms with E-state index in [2.05, 4.69) is 10.2 Å². The highest BCUT2D eigenvalue weighted by atomic mass is 16.5. The molecular weight excluding hydrogens is 282 g/mol. The predicted octanol–water partition coefficient (Wildman–Crippen LogP) is 1.85. The summed E-state index contributed by atoms with van der Waals surface area (Å²) in [7, 11) is 0. The van der Waals surface area contributed by atoms with E-state index in [4.69, 9.17) is 4.74 Å². The van der Waals surface area contributed by atoms with Gasteiger partial charge in [0.15, 0.2) is 5.92 Å². The van der Waals surface area contributed by atoms with E-state index in [1.807, 2.05) is 12.1 Å². The van der Waals surface area contributed by atoms with Crippen LogP contribution in [0.25, 0.3) is 0 Å². The second-order valence-corrected chi connectivity index (χ2v) is 4.86. The summed E-state index contributed by atoms with van der Waals surface area (Å²) in [5.74, 6) is -2.39. The van der Waals surface area contributed by atoms with Gasteiger partial charge in [-0.3, -0.25) is 14.7 Å². The number of ether oxygens (including phenoxy) is 1. The first-order chi connectivity index (χ1) is 10.6. The van der Waals surface area contributed by atoms with Crippen LogP contribution in [0.5, 0.6) is 0 Å². The zero-order valence-corrected chi connectivity index (χ0v) is 12.4. The van der Waals surface area contributed by atoms with Crippen LogP contribution >= 0.6 is 0 Å². The monoisotopic (exact) mass is 299 g/mol. The van der Waals surface area contributed by atoms with Crippen LogP contribution in [0.1, 0.15) is 29.7 Å². The van der Waals surface area contributed by atoms with Gasteiger partial charge in [-0.1, -0.05) is 30.3 Å². The van der Waals surface area contributed by atoms with E-state index in [9.17, 15) is 14.9 Å². The van der Waals surface area contributed by atoms with Crippen LogP contribution in [0.2, 0.25) is 0 Å². The number of benzene rings is 1. The summed E-state index contributed by atoms with van der Waals surface area (Å²) in [5, 5.41) is 14.7. The van der Waals surface area contributed by atoms with Gasteiger partial charge in [-0.15, -0.1) is 0 Å². The minimum Gasteiger partial charge on any atom is -0.465 e. The zero-order valence-electron chi connectivity index (χ0n) is 12.4. The third-order valence-corrected chi connectivity index (χ3v) is 3.49. The Balaban J connectivity index is 2.59. The highest BCUT2D eigenvalue weighted by Gasteiger charge is 2.35. The smallest absolute Gasteiger partial charge is 0.324 e. The Hall–Kier alpha value is -2.81. The number of aryl methyl sites for hydroxylation is 1. The number of rotatable bonds is 5. The molecule has 6 heteroatoms. The fourth-order valence-corrected chi connectivity index (χ4v) is 2.51. The second-order valence-electron chi connectivity index (χ2n) is 4.86. The Kier molecular flexibility index (Phi) is 4.79. The number of carbonyl (C=O) groups excluding carboxylic acids is 1. The number of hydrogen-bond acceptors (Lipinski definition) is 4. The van der Waals surface area contributed by atoms with E-state index in [0.29, 0.717) is 11.3 Å². The van der Waals surface area contributed by atoms with Crippen molar-refractivity contribution in [3.05, 3.63) is 57.5 Å². The number of aromatic amines is 2. The van der Waals surface area contributed by atoms with Crippen LogP contribution in [0.15, 0.2) is 35.1 Å². The molecule has 0 radical (unpaired) electrons. The maximum Gasteiger partial charge on any atom is 0.324 e. The molecule has 2 aromatic rings. The largest absolute Gasteiger partial charge is 0.465 e. The number of esters is 1. The summed E-state index contributed by atoms with van der Waals surface area (Å²) in [5.41, 5.74) is 1.36. The van der Waals surface area contributed by atoms with Crippen molar-refractivity contribution in [1.29, 1.82) is 5.26 Å². The fraction of sp³-hybridized carbons (Fsp3) is 0.312. The number of nitrogens with zero attached hydrogens (tertiary/aromatic N) is 1. The Morgan fingerprint density at radius 2 is 2.00 bits per heavy atom. The predicted molar refractivity (Wildman–Crippen MR) is 80.2 cm³/mol. The van der Waals surface area contributed by atoms with Gasteiger partial charge in [-0.05, 0) is 19.4 Å². The summed E-state index contributed by atoms with van der Waals surface area (Å²) in [4.78, 5) is 24.2. The Bertz CT molecular complexity index is 740. The quantitative estimate of drug-likeness (QED) is 0.823. The number of aromatic nitrogens is 2. The van der Waals surface area contributed by atoms with Gasteiger partial charge in [0.1, 0.15) is 0 Å². The third kappa shape index (κ3) is 2.93. The molecule has 2 atom stereocenters. The van der Waals surface area contributed by atoms with Gasteiger partial charge in [0.2, 0.25) is 0 Å². The first kappa shape index (κ1) is 15.6. The van der Waals surface area contributed by atoms with Gasteiger partial charge in [-0.25, -0.2) is 0 Å². The Labute approximate surface area is 127 Å². The molecule has 22 heavy (non-hydrogen) atoms. The molecule has 2 unspecified atom stereocenters. The van der Waals surface area contributed by atoms with E-state index in [1.54, 1.807) is 38.1 Å². The number of nitriles is 1. The topological polar surface area (TPSA) is 98.7 Å². The molecule has 2 N–H and O–H groups in total. The first-order valence-electron chi connectivity index (χ1n) is 6.98. The van der Waals surface area contributed by atoms with E-state index < -0.39 is 17.8 Å². The summed E-state index contributed by atoms with van der Waals surface area (Å²) in [6.07, 6.45) is 0. The molecule has 0 aliphatic rings. The van der Waals surface area contributed by atoms with Gasteiger partial charge >= 0.3 is 5.97 Å². The van der Waals surface area contributed by atoms with Crippen molar-refractivity contribution >= 4 is 5.97 Å². The van der Waals surface area contributed by atoms with Crippen LogP contribution in [0.3, 0.4) is 0 Å². The van der Waals surface area contributed by atoms with E-state index in [0.717, 1.165) is 5.56 Å². The molecule has 0 amide bonds. The van der Waals surface area contributed by atoms with Crippen LogP contribution in [0, 0.1) is 24.2 Å². The number of H-pyrrole nitrogens is 2. The lowest BCUT2D eigenvalue weighted by atomic mass is 9.81. The van der Waals surface area contributed by atoms with Crippen LogP contribution in [0.4, 0.5) is 0 Å². The average Bonchev–Trinajstić information content (AvgIpc) is 2.85. The molecule has 1 aromatic heterocycles. The second kappa shape index (κ2) is 6.76. The molecule has 1 heterocycles. The molecule has 2 rings (SSSR count). The molecule has 6 nitrogen and oxygen atoms in total. The summed E-state index contributed by atoms with van der Waals surface area (Å²) < 4.78 is 4.99. The van der Waals surface area contributed by atoms with Crippen molar-refractivity contribution < 1.29 is 9.53 Å². The van der Waals surface area contributed by atoms with Crippen molar-refractivity contribution in [2.45, 2.75) is 19.8 Å². The van der Waals surface area contributed by atoms with Crippen molar-refractivity contribution in [1.82, 2.24) is 10.2 Å². The minimum atomic E-state index is -1.09. The lowest BCUT2D eigenvalue weighted by molar-refractivity contribution is -0.146. The van der Waals surface area contributed by atoms with Gasteiger partial charge in [0, 0.05) is 17.2 Å². The Morgan fingerprint density at radius 3 is 2.50 bits per heavy atom. The molecule has 0 fully saturated rings. The lowest BCUT2D eigenvalue weighted by Crippen LogP contribution is -2.27. The van der Waals surface area contributed by atoms with Crippen molar-refractivity contribution in [2.75, 3.05) is 6.61 Å². The molecule has 0 saturated carbocycles. The summed E-state index contributed by atoms with van der Waals surface area (Å²) in [6, 6.07) is 11.0. The van der Waals surface area contributed by atoms with E-state index >= 15 is 0 Å². The molecule has 0 bridgehead atoms. The molecule has 114 valence electrons. The fourth-order valence-electron chi connectivity index (χ4n) is 2.51.